The zero-order chi connectivity index (χ0) is 15.7. The van der Waals surface area contributed by atoms with E-state index in [1.807, 2.05) is 6.07 Å². The summed E-state index contributed by atoms with van der Waals surface area (Å²) in [5, 5.41) is 11.6. The molecule has 3 aromatic rings. The Morgan fingerprint density at radius 2 is 2.09 bits per heavy atom. The van der Waals surface area contributed by atoms with Crippen LogP contribution in [0.2, 0.25) is 0 Å². The van der Waals surface area contributed by atoms with Crippen molar-refractivity contribution in [3.05, 3.63) is 64.1 Å². The summed E-state index contributed by atoms with van der Waals surface area (Å²) in [5.41, 5.74) is 2.60. The van der Waals surface area contributed by atoms with Crippen molar-refractivity contribution >= 4 is 22.6 Å². The van der Waals surface area contributed by atoms with Crippen LogP contribution in [0.5, 0.6) is 0 Å². The minimum Gasteiger partial charge on any atom is -0.322 e. The molecule has 0 aliphatic rings. The number of H-pyrrole nitrogens is 1. The number of aryl methyl sites for hydroxylation is 1. The number of nitrogens with zero attached hydrogens (tertiary/aromatic N) is 2. The maximum Gasteiger partial charge on any atom is 0.326 e. The molecular formula is C16H12N4O2. The van der Waals surface area contributed by atoms with Crippen LogP contribution in [0.15, 0.2) is 47.3 Å². The molecule has 2 aromatic carbocycles. The summed E-state index contributed by atoms with van der Waals surface area (Å²) < 4.78 is 1.50. The molecule has 0 saturated heterocycles. The van der Waals surface area contributed by atoms with Crippen molar-refractivity contribution < 1.29 is 4.79 Å². The number of nitriles is 1. The van der Waals surface area contributed by atoms with Crippen molar-refractivity contribution in [3.8, 4) is 6.07 Å². The summed E-state index contributed by atoms with van der Waals surface area (Å²) in [4.78, 5) is 26.5. The molecule has 0 bridgehead atoms. The number of hydrogen-bond donors (Lipinski definition) is 2. The van der Waals surface area contributed by atoms with Gasteiger partial charge in [-0.3, -0.25) is 9.36 Å². The van der Waals surface area contributed by atoms with Crippen molar-refractivity contribution in [3.63, 3.8) is 0 Å². The number of fused-ring (bicyclic) bond motifs is 1. The summed E-state index contributed by atoms with van der Waals surface area (Å²) in [6, 6.07) is 13.6. The normalized spacial score (nSPS) is 10.4. The monoisotopic (exact) mass is 292 g/mol. The van der Waals surface area contributed by atoms with Gasteiger partial charge >= 0.3 is 5.69 Å². The largest absolute Gasteiger partial charge is 0.326 e. The van der Waals surface area contributed by atoms with E-state index >= 15 is 0 Å². The van der Waals surface area contributed by atoms with Crippen LogP contribution in [0.25, 0.3) is 11.0 Å². The number of carbonyl (C=O) groups excluding carboxylic acids is 1. The maximum atomic E-state index is 12.2. The van der Waals surface area contributed by atoms with Crippen molar-refractivity contribution in [2.45, 2.75) is 0 Å². The molecule has 0 aliphatic heterocycles. The Kier molecular flexibility index (Phi) is 3.24. The quantitative estimate of drug-likeness (QED) is 0.756. The van der Waals surface area contributed by atoms with E-state index in [0.29, 0.717) is 22.3 Å². The van der Waals surface area contributed by atoms with Crippen LogP contribution < -0.4 is 11.0 Å². The average Bonchev–Trinajstić information content (AvgIpc) is 2.81. The van der Waals surface area contributed by atoms with E-state index in [4.69, 9.17) is 5.26 Å². The predicted molar refractivity (Wildman–Crippen MR) is 82.6 cm³/mol. The van der Waals surface area contributed by atoms with Gasteiger partial charge in [0.05, 0.1) is 22.7 Å². The third kappa shape index (κ3) is 2.36. The lowest BCUT2D eigenvalue weighted by molar-refractivity contribution is 0.102. The van der Waals surface area contributed by atoms with Crippen LogP contribution in [-0.2, 0) is 7.05 Å². The minimum atomic E-state index is -0.310. The Morgan fingerprint density at radius 3 is 2.86 bits per heavy atom. The van der Waals surface area contributed by atoms with E-state index in [1.54, 1.807) is 43.4 Å². The third-order valence-electron chi connectivity index (χ3n) is 3.42. The van der Waals surface area contributed by atoms with Crippen LogP contribution in [0.1, 0.15) is 15.9 Å². The SMILES string of the molecule is Cn1c(=O)[nH]c2cc(NC(=O)c3cccc(C#N)c3)ccc21. The van der Waals surface area contributed by atoms with E-state index < -0.39 is 0 Å². The van der Waals surface area contributed by atoms with Crippen molar-refractivity contribution in [2.24, 2.45) is 7.05 Å². The van der Waals surface area contributed by atoms with Gasteiger partial charge in [0.1, 0.15) is 0 Å². The molecule has 0 unspecified atom stereocenters. The van der Waals surface area contributed by atoms with Gasteiger partial charge in [-0.25, -0.2) is 4.79 Å². The van der Waals surface area contributed by atoms with Gasteiger partial charge in [-0.05, 0) is 36.4 Å². The lowest BCUT2D eigenvalue weighted by atomic mass is 10.1. The molecule has 1 amide bonds. The van der Waals surface area contributed by atoms with Gasteiger partial charge in [0.15, 0.2) is 0 Å². The first kappa shape index (κ1) is 13.6. The van der Waals surface area contributed by atoms with Crippen LogP contribution in [0.4, 0.5) is 5.69 Å². The molecule has 108 valence electrons. The van der Waals surface area contributed by atoms with E-state index in [2.05, 4.69) is 10.3 Å². The van der Waals surface area contributed by atoms with Gasteiger partial charge in [0, 0.05) is 18.3 Å². The summed E-state index contributed by atoms with van der Waals surface area (Å²) in [5.74, 6) is -0.310. The molecule has 22 heavy (non-hydrogen) atoms. The van der Waals surface area contributed by atoms with Crippen LogP contribution in [0.3, 0.4) is 0 Å². The summed E-state index contributed by atoms with van der Waals surface area (Å²) in [7, 11) is 1.67. The fourth-order valence-corrected chi connectivity index (χ4v) is 2.25. The van der Waals surface area contributed by atoms with Gasteiger partial charge in [0.2, 0.25) is 0 Å². The molecule has 0 saturated carbocycles. The molecule has 2 N–H and O–H groups in total. The standard InChI is InChI=1S/C16H12N4O2/c1-20-14-6-5-12(8-13(14)19-16(20)22)18-15(21)11-4-2-3-10(7-11)9-17/h2-8H,1H3,(H,18,21)(H,19,22). The molecule has 0 spiro atoms. The summed E-state index contributed by atoms with van der Waals surface area (Å²) in [6.45, 7) is 0. The minimum absolute atomic E-state index is 0.208. The molecule has 0 aliphatic carbocycles. The first-order valence-electron chi connectivity index (χ1n) is 6.59. The summed E-state index contributed by atoms with van der Waals surface area (Å²) in [6.07, 6.45) is 0. The number of aromatic amines is 1. The Morgan fingerprint density at radius 1 is 1.27 bits per heavy atom. The highest BCUT2D eigenvalue weighted by atomic mass is 16.2. The molecule has 6 heteroatoms. The molecule has 1 aromatic heterocycles. The highest BCUT2D eigenvalue weighted by Gasteiger charge is 2.09. The van der Waals surface area contributed by atoms with Gasteiger partial charge in [0.25, 0.3) is 5.91 Å². The Balaban J connectivity index is 1.90. The van der Waals surface area contributed by atoms with Gasteiger partial charge in [-0.1, -0.05) is 6.07 Å². The smallest absolute Gasteiger partial charge is 0.322 e. The fourth-order valence-electron chi connectivity index (χ4n) is 2.25. The second kappa shape index (κ2) is 5.22. The second-order valence-electron chi connectivity index (χ2n) is 4.87. The predicted octanol–water partition coefficient (Wildman–Crippen LogP) is 1.99. The van der Waals surface area contributed by atoms with Crippen molar-refractivity contribution in [1.82, 2.24) is 9.55 Å². The molecule has 3 rings (SSSR count). The molecule has 0 fully saturated rings. The number of benzene rings is 2. The number of hydrogen-bond acceptors (Lipinski definition) is 3. The molecule has 0 atom stereocenters. The number of amides is 1. The van der Waals surface area contributed by atoms with Gasteiger partial charge in [-0.2, -0.15) is 5.26 Å². The molecule has 1 heterocycles. The number of rotatable bonds is 2. The third-order valence-corrected chi connectivity index (χ3v) is 3.42. The van der Waals surface area contributed by atoms with E-state index in [1.165, 1.54) is 10.6 Å². The lowest BCUT2D eigenvalue weighted by Gasteiger charge is -2.06. The maximum absolute atomic E-state index is 12.2. The number of nitrogens with one attached hydrogen (secondary N) is 2. The summed E-state index contributed by atoms with van der Waals surface area (Å²) >= 11 is 0. The topological polar surface area (TPSA) is 90.7 Å². The molecule has 0 radical (unpaired) electrons. The van der Waals surface area contributed by atoms with E-state index in [0.717, 1.165) is 5.52 Å². The Labute approximate surface area is 125 Å². The highest BCUT2D eigenvalue weighted by Crippen LogP contribution is 2.17. The molecule has 6 nitrogen and oxygen atoms in total. The average molecular weight is 292 g/mol. The zero-order valence-corrected chi connectivity index (χ0v) is 11.8. The Hall–Kier alpha value is -3.33. The van der Waals surface area contributed by atoms with Crippen LogP contribution in [-0.4, -0.2) is 15.5 Å². The van der Waals surface area contributed by atoms with E-state index in [9.17, 15) is 9.59 Å². The number of imidazole rings is 1. The van der Waals surface area contributed by atoms with Crippen LogP contribution in [0, 0.1) is 11.3 Å². The first-order chi connectivity index (χ1) is 10.6. The van der Waals surface area contributed by atoms with Crippen molar-refractivity contribution in [2.75, 3.05) is 5.32 Å². The number of carbonyl (C=O) groups is 1. The van der Waals surface area contributed by atoms with Crippen molar-refractivity contribution in [1.29, 1.82) is 5.26 Å². The zero-order valence-electron chi connectivity index (χ0n) is 11.8. The highest BCUT2D eigenvalue weighted by molar-refractivity contribution is 6.05. The number of anilines is 1. The fraction of sp³-hybridized carbons (Fsp3) is 0.0625. The number of aromatic nitrogens is 2. The van der Waals surface area contributed by atoms with Crippen LogP contribution >= 0.6 is 0 Å². The van der Waals surface area contributed by atoms with E-state index in [-0.39, 0.29) is 11.6 Å². The van der Waals surface area contributed by atoms with Gasteiger partial charge in [-0.15, -0.1) is 0 Å². The van der Waals surface area contributed by atoms with Gasteiger partial charge < -0.3 is 10.3 Å². The lowest BCUT2D eigenvalue weighted by Crippen LogP contribution is -2.12. The second-order valence-corrected chi connectivity index (χ2v) is 4.87. The first-order valence-corrected chi connectivity index (χ1v) is 6.59. The Bertz CT molecular complexity index is 976. The molecular weight excluding hydrogens is 280 g/mol.